The van der Waals surface area contributed by atoms with Crippen molar-refractivity contribution in [3.63, 3.8) is 0 Å². The molecule has 44 valence electrons. The van der Waals surface area contributed by atoms with Crippen LogP contribution in [0.5, 0.6) is 0 Å². The Morgan fingerprint density at radius 1 is 1.22 bits per heavy atom. The third-order valence-corrected chi connectivity index (χ3v) is 1.60. The van der Waals surface area contributed by atoms with Crippen molar-refractivity contribution in [2.75, 3.05) is 0 Å². The number of fused-ring (bicyclic) bond motifs is 1. The Morgan fingerprint density at radius 2 is 2.11 bits per heavy atom. The predicted octanol–water partition coefficient (Wildman–Crippen LogP) is 0.0256. The first-order valence-electron chi connectivity index (χ1n) is 3.13. The van der Waals surface area contributed by atoms with E-state index in [0.717, 1.165) is 6.42 Å². The van der Waals surface area contributed by atoms with Gasteiger partial charge in [0, 0.05) is 11.6 Å². The van der Waals surface area contributed by atoms with Crippen molar-refractivity contribution >= 4 is 11.9 Å². The zero-order valence-electron chi connectivity index (χ0n) is 5.09. The molecule has 0 fully saturated rings. The summed E-state index contributed by atoms with van der Waals surface area (Å²) in [4.78, 5) is 3.18. The molecule has 1 aromatic carbocycles. The SMILES string of the molecule is C1=[NH+]c2ccccc2C1. The fourth-order valence-electron chi connectivity index (χ4n) is 1.11. The lowest BCUT2D eigenvalue weighted by molar-refractivity contribution is -0.343. The van der Waals surface area contributed by atoms with Gasteiger partial charge in [-0.25, -0.2) is 4.99 Å². The second-order valence-corrected chi connectivity index (χ2v) is 2.21. The zero-order valence-corrected chi connectivity index (χ0v) is 5.09. The maximum Gasteiger partial charge on any atom is 0.206 e. The first-order chi connectivity index (χ1) is 4.47. The van der Waals surface area contributed by atoms with E-state index in [1.54, 1.807) is 0 Å². The maximum atomic E-state index is 3.18. The van der Waals surface area contributed by atoms with E-state index in [2.05, 4.69) is 29.4 Å². The molecule has 0 radical (unpaired) electrons. The number of hydrogen-bond acceptors (Lipinski definition) is 0. The molecule has 0 atom stereocenters. The fraction of sp³-hybridized carbons (Fsp3) is 0.125. The Morgan fingerprint density at radius 3 is 3.00 bits per heavy atom. The molecule has 1 aromatic rings. The largest absolute Gasteiger partial charge is 0.215 e. The second kappa shape index (κ2) is 1.69. The average Bonchev–Trinajstić information content (AvgIpc) is 2.33. The number of hydrogen-bond donors (Lipinski definition) is 1. The summed E-state index contributed by atoms with van der Waals surface area (Å²) in [7, 11) is 0. The smallest absolute Gasteiger partial charge is 0.206 e. The van der Waals surface area contributed by atoms with Gasteiger partial charge in [-0.15, -0.1) is 0 Å². The van der Waals surface area contributed by atoms with Crippen LogP contribution in [0.3, 0.4) is 0 Å². The molecule has 1 heteroatoms. The number of benzene rings is 1. The van der Waals surface area contributed by atoms with Crippen LogP contribution in [-0.2, 0) is 6.42 Å². The highest BCUT2D eigenvalue weighted by Gasteiger charge is 2.09. The van der Waals surface area contributed by atoms with Gasteiger partial charge in [0.05, 0.1) is 6.42 Å². The van der Waals surface area contributed by atoms with E-state index in [9.17, 15) is 0 Å². The molecule has 0 amide bonds. The molecule has 0 bridgehead atoms. The van der Waals surface area contributed by atoms with Gasteiger partial charge >= 0.3 is 0 Å². The van der Waals surface area contributed by atoms with Crippen LogP contribution < -0.4 is 4.99 Å². The van der Waals surface area contributed by atoms with Crippen LogP contribution in [0.15, 0.2) is 24.3 Å². The standard InChI is InChI=1S/C8H7N/c1-2-4-8-7(3-1)5-6-9-8/h1-4,6H,5H2/p+1. The van der Waals surface area contributed by atoms with Crippen molar-refractivity contribution in [1.82, 2.24) is 0 Å². The second-order valence-electron chi connectivity index (χ2n) is 2.21. The van der Waals surface area contributed by atoms with E-state index in [4.69, 9.17) is 0 Å². The van der Waals surface area contributed by atoms with Crippen molar-refractivity contribution in [1.29, 1.82) is 0 Å². The highest BCUT2D eigenvalue weighted by molar-refractivity contribution is 5.65. The molecule has 1 N–H and O–H groups in total. The summed E-state index contributed by atoms with van der Waals surface area (Å²) in [5, 5.41) is 0. The molecule has 0 spiro atoms. The van der Waals surface area contributed by atoms with E-state index in [0.29, 0.717) is 0 Å². The summed E-state index contributed by atoms with van der Waals surface area (Å²) in [5.41, 5.74) is 2.66. The monoisotopic (exact) mass is 118 g/mol. The molecule has 0 saturated heterocycles. The first-order valence-corrected chi connectivity index (χ1v) is 3.13. The highest BCUT2D eigenvalue weighted by atomic mass is 14.7. The molecule has 0 saturated carbocycles. The summed E-state index contributed by atoms with van der Waals surface area (Å²) in [6.07, 6.45) is 3.14. The molecule has 1 nitrogen and oxygen atoms in total. The van der Waals surface area contributed by atoms with E-state index >= 15 is 0 Å². The molecule has 1 heterocycles. The van der Waals surface area contributed by atoms with Crippen LogP contribution >= 0.6 is 0 Å². The Labute approximate surface area is 54.1 Å². The molecule has 2 rings (SSSR count). The van der Waals surface area contributed by atoms with Crippen LogP contribution in [0.2, 0.25) is 0 Å². The van der Waals surface area contributed by atoms with Crippen LogP contribution in [0.4, 0.5) is 5.69 Å². The van der Waals surface area contributed by atoms with Crippen molar-refractivity contribution in [3.8, 4) is 0 Å². The summed E-state index contributed by atoms with van der Waals surface area (Å²) in [6, 6.07) is 8.36. The normalized spacial score (nSPS) is 13.8. The van der Waals surface area contributed by atoms with Gasteiger partial charge in [0.2, 0.25) is 5.69 Å². The zero-order chi connectivity index (χ0) is 6.10. The van der Waals surface area contributed by atoms with E-state index in [1.165, 1.54) is 11.3 Å². The Bertz CT molecular complexity index is 250. The van der Waals surface area contributed by atoms with Crippen LogP contribution in [0.25, 0.3) is 0 Å². The molecular formula is C8H8N+. The van der Waals surface area contributed by atoms with Gasteiger partial charge in [-0.3, -0.25) is 0 Å². The third kappa shape index (κ3) is 0.653. The minimum atomic E-state index is 1.07. The lowest BCUT2D eigenvalue weighted by atomic mass is 10.2. The fourth-order valence-corrected chi connectivity index (χ4v) is 1.11. The van der Waals surface area contributed by atoms with E-state index < -0.39 is 0 Å². The number of rotatable bonds is 0. The van der Waals surface area contributed by atoms with Gasteiger partial charge in [0.1, 0.15) is 6.21 Å². The summed E-state index contributed by atoms with van der Waals surface area (Å²) in [5.74, 6) is 0. The van der Waals surface area contributed by atoms with Crippen LogP contribution in [0, 0.1) is 0 Å². The molecule has 0 aliphatic carbocycles. The van der Waals surface area contributed by atoms with Crippen LogP contribution in [-0.4, -0.2) is 6.21 Å². The van der Waals surface area contributed by atoms with Crippen molar-refractivity contribution in [2.24, 2.45) is 0 Å². The average molecular weight is 118 g/mol. The van der Waals surface area contributed by atoms with Gasteiger partial charge in [0.25, 0.3) is 0 Å². The topological polar surface area (TPSA) is 14.0 Å². The Kier molecular flexibility index (Phi) is 0.890. The van der Waals surface area contributed by atoms with Crippen LogP contribution in [0.1, 0.15) is 5.56 Å². The molecular weight excluding hydrogens is 110 g/mol. The summed E-state index contributed by atoms with van der Waals surface area (Å²) >= 11 is 0. The Balaban J connectivity index is 2.63. The lowest BCUT2D eigenvalue weighted by Crippen LogP contribution is -2.58. The highest BCUT2D eigenvalue weighted by Crippen LogP contribution is 2.09. The maximum absolute atomic E-state index is 3.18. The Hall–Kier alpha value is -1.11. The van der Waals surface area contributed by atoms with E-state index in [1.807, 2.05) is 6.07 Å². The van der Waals surface area contributed by atoms with Gasteiger partial charge < -0.3 is 0 Å². The summed E-state index contributed by atoms with van der Waals surface area (Å²) in [6.45, 7) is 0. The minimum Gasteiger partial charge on any atom is -0.215 e. The van der Waals surface area contributed by atoms with Crippen molar-refractivity contribution in [3.05, 3.63) is 29.8 Å². The van der Waals surface area contributed by atoms with Gasteiger partial charge in [-0.05, 0) is 0 Å². The van der Waals surface area contributed by atoms with Crippen molar-refractivity contribution < 1.29 is 4.99 Å². The van der Waals surface area contributed by atoms with Gasteiger partial charge in [-0.1, -0.05) is 18.2 Å². The molecule has 1 aliphatic heterocycles. The number of nitrogens with one attached hydrogen (secondary N) is 1. The lowest BCUT2D eigenvalue weighted by Gasteiger charge is -1.85. The first kappa shape index (κ1) is 4.74. The molecule has 0 unspecified atom stereocenters. The molecule has 0 aromatic heterocycles. The van der Waals surface area contributed by atoms with E-state index in [-0.39, 0.29) is 0 Å². The number of para-hydroxylation sites is 1. The quantitative estimate of drug-likeness (QED) is 0.494. The summed E-state index contributed by atoms with van der Waals surface area (Å²) < 4.78 is 0. The van der Waals surface area contributed by atoms with Gasteiger partial charge in [0.15, 0.2) is 0 Å². The third-order valence-electron chi connectivity index (χ3n) is 1.60. The van der Waals surface area contributed by atoms with Gasteiger partial charge in [-0.2, -0.15) is 0 Å². The predicted molar refractivity (Wildman–Crippen MR) is 36.8 cm³/mol. The molecule has 9 heavy (non-hydrogen) atoms. The minimum absolute atomic E-state index is 1.07. The van der Waals surface area contributed by atoms with Crippen molar-refractivity contribution in [2.45, 2.75) is 6.42 Å². The molecule has 1 aliphatic rings.